The smallest absolute Gasteiger partial charge is 0.339 e. The third-order valence-electron chi connectivity index (χ3n) is 2.21. The number of aromatic carboxylic acids is 1. The minimum absolute atomic E-state index is 0.203. The van der Waals surface area contributed by atoms with Crippen LogP contribution in [0, 0.1) is 0 Å². The van der Waals surface area contributed by atoms with Crippen molar-refractivity contribution in [2.75, 3.05) is 0 Å². The number of hydrogen-bond acceptors (Lipinski definition) is 3. The summed E-state index contributed by atoms with van der Waals surface area (Å²) in [6.45, 7) is 0.379. The highest BCUT2D eigenvalue weighted by atomic mass is 79.9. The summed E-state index contributed by atoms with van der Waals surface area (Å²) in [6.07, 6.45) is 4.77. The first-order chi connectivity index (χ1) is 7.58. The molecule has 2 heterocycles. The second-order valence-corrected chi connectivity index (χ2v) is 4.21. The Morgan fingerprint density at radius 2 is 2.25 bits per heavy atom. The van der Waals surface area contributed by atoms with Crippen molar-refractivity contribution >= 4 is 21.9 Å². The average molecular weight is 285 g/mol. The van der Waals surface area contributed by atoms with Gasteiger partial charge in [-0.1, -0.05) is 0 Å². The number of aromatic nitrogens is 4. The second kappa shape index (κ2) is 4.09. The maximum absolute atomic E-state index is 10.9. The van der Waals surface area contributed by atoms with Crippen molar-refractivity contribution in [3.05, 3.63) is 34.3 Å². The Kier molecular flexibility index (Phi) is 2.78. The van der Waals surface area contributed by atoms with Gasteiger partial charge in [0.05, 0.1) is 29.1 Å². The van der Waals surface area contributed by atoms with E-state index < -0.39 is 5.97 Å². The molecule has 0 spiro atoms. The fraction of sp³-hybridized carbons (Fsp3) is 0.222. The predicted molar refractivity (Wildman–Crippen MR) is 59.2 cm³/mol. The van der Waals surface area contributed by atoms with E-state index in [9.17, 15) is 4.79 Å². The molecule has 0 saturated carbocycles. The molecule has 0 aromatic carbocycles. The van der Waals surface area contributed by atoms with Gasteiger partial charge in [0.1, 0.15) is 5.56 Å². The van der Waals surface area contributed by atoms with E-state index in [1.54, 1.807) is 28.8 Å². The Morgan fingerprint density at radius 3 is 2.81 bits per heavy atom. The lowest BCUT2D eigenvalue weighted by Gasteiger charge is -2.03. The van der Waals surface area contributed by atoms with E-state index in [2.05, 4.69) is 26.1 Å². The van der Waals surface area contributed by atoms with Crippen molar-refractivity contribution in [2.45, 2.75) is 6.54 Å². The maximum atomic E-state index is 10.9. The van der Waals surface area contributed by atoms with E-state index in [1.165, 1.54) is 6.20 Å². The summed E-state index contributed by atoms with van der Waals surface area (Å²) in [6, 6.07) is 0. The third kappa shape index (κ3) is 1.99. The summed E-state index contributed by atoms with van der Waals surface area (Å²) in [5.41, 5.74) is 0.817. The molecule has 0 bridgehead atoms. The van der Waals surface area contributed by atoms with Gasteiger partial charge in [-0.3, -0.25) is 9.36 Å². The van der Waals surface area contributed by atoms with Crippen LogP contribution in [0.25, 0.3) is 0 Å². The van der Waals surface area contributed by atoms with E-state index in [1.807, 2.05) is 0 Å². The number of halogens is 1. The molecule has 0 atom stereocenters. The zero-order chi connectivity index (χ0) is 11.7. The van der Waals surface area contributed by atoms with Crippen LogP contribution in [-0.4, -0.2) is 30.6 Å². The molecule has 1 N–H and O–H groups in total. The van der Waals surface area contributed by atoms with Crippen LogP contribution in [0.5, 0.6) is 0 Å². The van der Waals surface area contributed by atoms with Crippen LogP contribution in [-0.2, 0) is 13.6 Å². The van der Waals surface area contributed by atoms with Gasteiger partial charge < -0.3 is 5.11 Å². The maximum Gasteiger partial charge on any atom is 0.339 e. The molecule has 0 fully saturated rings. The van der Waals surface area contributed by atoms with Gasteiger partial charge in [-0.15, -0.1) is 0 Å². The standard InChI is InChI=1S/C9H9BrN4O2/c1-13-8(7(3-11-13)9(15)16)5-14-4-6(10)2-12-14/h2-4H,5H2,1H3,(H,15,16). The summed E-state index contributed by atoms with van der Waals surface area (Å²) in [7, 11) is 1.71. The number of carbonyl (C=O) groups is 1. The quantitative estimate of drug-likeness (QED) is 0.917. The lowest BCUT2D eigenvalue weighted by molar-refractivity contribution is 0.0695. The normalized spacial score (nSPS) is 10.6. The zero-order valence-corrected chi connectivity index (χ0v) is 10.0. The number of nitrogens with zero attached hydrogens (tertiary/aromatic N) is 4. The Balaban J connectivity index is 2.33. The van der Waals surface area contributed by atoms with Crippen LogP contribution in [0.15, 0.2) is 23.1 Å². The first kappa shape index (κ1) is 10.9. The van der Waals surface area contributed by atoms with Gasteiger partial charge in [0.15, 0.2) is 0 Å². The molecule has 0 aliphatic carbocycles. The summed E-state index contributed by atoms with van der Waals surface area (Å²) < 4.78 is 4.04. The van der Waals surface area contributed by atoms with Crippen molar-refractivity contribution < 1.29 is 9.90 Å². The molecule has 7 heteroatoms. The number of carboxylic acid groups (broad SMARTS) is 1. The number of rotatable bonds is 3. The first-order valence-electron chi connectivity index (χ1n) is 4.50. The van der Waals surface area contributed by atoms with Gasteiger partial charge in [0, 0.05) is 13.2 Å². The molecule has 16 heavy (non-hydrogen) atoms. The SMILES string of the molecule is Cn1ncc(C(=O)O)c1Cn1cc(Br)cn1. The van der Waals surface area contributed by atoms with Crippen LogP contribution in [0.4, 0.5) is 0 Å². The van der Waals surface area contributed by atoms with Gasteiger partial charge in [-0.2, -0.15) is 10.2 Å². The molecule has 0 aliphatic heterocycles. The first-order valence-corrected chi connectivity index (χ1v) is 5.29. The Morgan fingerprint density at radius 1 is 1.50 bits per heavy atom. The molecule has 2 rings (SSSR count). The molecule has 0 aliphatic rings. The Hall–Kier alpha value is -1.63. The minimum Gasteiger partial charge on any atom is -0.478 e. The van der Waals surface area contributed by atoms with Gasteiger partial charge in [0.2, 0.25) is 0 Å². The second-order valence-electron chi connectivity index (χ2n) is 3.29. The molecular formula is C9H9BrN4O2. The van der Waals surface area contributed by atoms with Crippen molar-refractivity contribution in [1.29, 1.82) is 0 Å². The molecule has 0 amide bonds. The molecular weight excluding hydrogens is 276 g/mol. The monoisotopic (exact) mass is 284 g/mol. The van der Waals surface area contributed by atoms with Crippen LogP contribution in [0.3, 0.4) is 0 Å². The van der Waals surface area contributed by atoms with E-state index in [-0.39, 0.29) is 5.56 Å². The molecule has 6 nitrogen and oxygen atoms in total. The number of aryl methyl sites for hydroxylation is 1. The van der Waals surface area contributed by atoms with Crippen LogP contribution >= 0.6 is 15.9 Å². The van der Waals surface area contributed by atoms with Crippen molar-refractivity contribution in [1.82, 2.24) is 19.6 Å². The van der Waals surface area contributed by atoms with Gasteiger partial charge >= 0.3 is 5.97 Å². The highest BCUT2D eigenvalue weighted by molar-refractivity contribution is 9.10. The zero-order valence-electron chi connectivity index (χ0n) is 8.46. The van der Waals surface area contributed by atoms with Gasteiger partial charge in [0.25, 0.3) is 0 Å². The lowest BCUT2D eigenvalue weighted by Crippen LogP contribution is -2.10. The number of hydrogen-bond donors (Lipinski definition) is 1. The Bertz CT molecular complexity index is 531. The van der Waals surface area contributed by atoms with Crippen molar-refractivity contribution in [2.24, 2.45) is 7.05 Å². The lowest BCUT2D eigenvalue weighted by atomic mass is 10.2. The van der Waals surface area contributed by atoms with E-state index in [4.69, 9.17) is 5.11 Å². The van der Waals surface area contributed by atoms with E-state index in [0.29, 0.717) is 12.2 Å². The average Bonchev–Trinajstić information content (AvgIpc) is 2.76. The van der Waals surface area contributed by atoms with Gasteiger partial charge in [-0.05, 0) is 15.9 Å². The van der Waals surface area contributed by atoms with Crippen molar-refractivity contribution in [3.63, 3.8) is 0 Å². The molecule has 2 aromatic rings. The fourth-order valence-electron chi connectivity index (χ4n) is 1.41. The molecule has 2 aromatic heterocycles. The largest absolute Gasteiger partial charge is 0.478 e. The highest BCUT2D eigenvalue weighted by Crippen LogP contribution is 2.12. The molecule has 84 valence electrons. The Labute approximate surface area is 99.6 Å². The fourth-order valence-corrected chi connectivity index (χ4v) is 1.74. The topological polar surface area (TPSA) is 72.9 Å². The third-order valence-corrected chi connectivity index (χ3v) is 2.61. The summed E-state index contributed by atoms with van der Waals surface area (Å²) in [5, 5.41) is 17.0. The molecule has 0 radical (unpaired) electrons. The van der Waals surface area contributed by atoms with Gasteiger partial charge in [-0.25, -0.2) is 4.79 Å². The van der Waals surface area contributed by atoms with Crippen LogP contribution in [0.2, 0.25) is 0 Å². The summed E-state index contributed by atoms with van der Waals surface area (Å²) in [4.78, 5) is 10.9. The molecule has 0 unspecified atom stereocenters. The van der Waals surface area contributed by atoms with E-state index >= 15 is 0 Å². The predicted octanol–water partition coefficient (Wildman–Crippen LogP) is 1.13. The van der Waals surface area contributed by atoms with Crippen LogP contribution < -0.4 is 0 Å². The summed E-state index contributed by atoms with van der Waals surface area (Å²) >= 11 is 3.28. The van der Waals surface area contributed by atoms with Crippen LogP contribution in [0.1, 0.15) is 16.1 Å². The minimum atomic E-state index is -0.977. The number of carboxylic acids is 1. The summed E-state index contributed by atoms with van der Waals surface area (Å²) in [5.74, 6) is -0.977. The highest BCUT2D eigenvalue weighted by Gasteiger charge is 2.15. The van der Waals surface area contributed by atoms with E-state index in [0.717, 1.165) is 4.47 Å². The molecule has 0 saturated heterocycles. The van der Waals surface area contributed by atoms with Crippen molar-refractivity contribution in [3.8, 4) is 0 Å².